The van der Waals surface area contributed by atoms with Gasteiger partial charge in [-0.2, -0.15) is 0 Å². The Kier molecular flexibility index (Phi) is 10.6. The topological polar surface area (TPSA) is 69.6 Å². The van der Waals surface area contributed by atoms with Gasteiger partial charge in [0.05, 0.1) is 23.8 Å². The summed E-state index contributed by atoms with van der Waals surface area (Å²) >= 11 is 1.71. The first-order chi connectivity index (χ1) is 13.3. The lowest BCUT2D eigenvalue weighted by molar-refractivity contribution is -0.127. The fraction of sp³-hybridized carbons (Fsp3) is 0.476. The summed E-state index contributed by atoms with van der Waals surface area (Å²) in [4.78, 5) is 22.8. The summed E-state index contributed by atoms with van der Waals surface area (Å²) in [5, 5.41) is 9.70. The molecule has 0 bridgehead atoms. The highest BCUT2D eigenvalue weighted by Gasteiger charge is 2.17. The predicted octanol–water partition coefficient (Wildman–Crippen LogP) is 3.42. The van der Waals surface area contributed by atoms with E-state index in [0.29, 0.717) is 19.0 Å². The van der Waals surface area contributed by atoms with Gasteiger partial charge in [0.2, 0.25) is 5.91 Å². The van der Waals surface area contributed by atoms with Crippen LogP contribution < -0.4 is 10.6 Å². The Morgan fingerprint density at radius 3 is 2.45 bits per heavy atom. The molecular weight excluding hydrogens is 497 g/mol. The van der Waals surface area contributed by atoms with Gasteiger partial charge in [-0.1, -0.05) is 51.1 Å². The van der Waals surface area contributed by atoms with Crippen LogP contribution in [-0.2, 0) is 23.2 Å². The molecule has 1 aromatic carbocycles. The van der Waals surface area contributed by atoms with Crippen LogP contribution in [-0.4, -0.2) is 48.9 Å². The monoisotopic (exact) mass is 529 g/mol. The third-order valence-corrected chi connectivity index (χ3v) is 5.35. The molecule has 0 unspecified atom stereocenters. The zero-order chi connectivity index (χ0) is 20.6. The van der Waals surface area contributed by atoms with Crippen molar-refractivity contribution in [1.82, 2.24) is 20.5 Å². The first kappa shape index (κ1) is 25.4. The smallest absolute Gasteiger partial charge is 0.241 e. The second-order valence-corrected chi connectivity index (χ2v) is 8.72. The normalized spacial score (nSPS) is 11.6. The molecule has 2 rings (SSSR count). The highest BCUT2D eigenvalue weighted by molar-refractivity contribution is 14.0. The number of halogens is 1. The number of hydrogen-bond donors (Lipinski definition) is 2. The fourth-order valence-corrected chi connectivity index (χ4v) is 3.26. The molecule has 0 saturated carbocycles. The minimum absolute atomic E-state index is 0. The van der Waals surface area contributed by atoms with Crippen LogP contribution in [0.5, 0.6) is 0 Å². The van der Waals surface area contributed by atoms with Crippen LogP contribution in [0.1, 0.15) is 37.0 Å². The number of carbonyl (C=O) groups is 1. The van der Waals surface area contributed by atoms with Gasteiger partial charge in [-0.3, -0.25) is 4.79 Å². The summed E-state index contributed by atoms with van der Waals surface area (Å²) in [6.07, 6.45) is 0.806. The average molecular weight is 529 g/mol. The van der Waals surface area contributed by atoms with Crippen LogP contribution in [0.3, 0.4) is 0 Å². The Morgan fingerprint density at radius 2 is 1.86 bits per heavy atom. The van der Waals surface area contributed by atoms with Gasteiger partial charge < -0.3 is 15.5 Å². The fourth-order valence-electron chi connectivity index (χ4n) is 2.32. The molecule has 0 saturated heterocycles. The quantitative estimate of drug-likeness (QED) is 0.328. The molecule has 0 spiro atoms. The van der Waals surface area contributed by atoms with E-state index < -0.39 is 0 Å². The largest absolute Gasteiger partial charge is 0.356 e. The summed E-state index contributed by atoms with van der Waals surface area (Å²) in [5.41, 5.74) is 2.28. The third-order valence-electron chi connectivity index (χ3n) is 4.04. The zero-order valence-corrected chi connectivity index (χ0v) is 21.0. The molecule has 0 fully saturated rings. The van der Waals surface area contributed by atoms with Crippen molar-refractivity contribution < 1.29 is 4.79 Å². The molecule has 1 amide bonds. The van der Waals surface area contributed by atoms with E-state index in [-0.39, 0.29) is 41.8 Å². The maximum absolute atomic E-state index is 11.9. The van der Waals surface area contributed by atoms with Gasteiger partial charge in [0.25, 0.3) is 0 Å². The number of aliphatic imine (C=N–C) groups is 1. The lowest BCUT2D eigenvalue weighted by Crippen LogP contribution is -2.43. The Balaban J connectivity index is 0.00000420. The van der Waals surface area contributed by atoms with Gasteiger partial charge in [0, 0.05) is 37.9 Å². The summed E-state index contributed by atoms with van der Waals surface area (Å²) < 4.78 is 0. The van der Waals surface area contributed by atoms with E-state index in [1.165, 1.54) is 0 Å². The molecular formula is C21H32IN5OS. The predicted molar refractivity (Wildman–Crippen MR) is 132 cm³/mol. The van der Waals surface area contributed by atoms with Gasteiger partial charge >= 0.3 is 0 Å². The molecule has 2 N–H and O–H groups in total. The molecule has 1 aromatic heterocycles. The molecule has 1 heterocycles. The van der Waals surface area contributed by atoms with Crippen molar-refractivity contribution in [2.24, 2.45) is 4.99 Å². The summed E-state index contributed by atoms with van der Waals surface area (Å²) in [7, 11) is 3.49. The SMILES string of the molecule is CN(C)C(=O)CNC(=NCc1ccccc1)NCCc1csc(C(C)(C)C)n1.I. The second kappa shape index (κ2) is 12.1. The maximum atomic E-state index is 11.9. The minimum Gasteiger partial charge on any atom is -0.356 e. The van der Waals surface area contributed by atoms with E-state index in [0.717, 1.165) is 22.7 Å². The van der Waals surface area contributed by atoms with Crippen LogP contribution >= 0.6 is 35.3 Å². The van der Waals surface area contributed by atoms with Crippen LogP contribution in [0.15, 0.2) is 40.7 Å². The number of aromatic nitrogens is 1. The number of rotatable bonds is 7. The van der Waals surface area contributed by atoms with E-state index in [1.54, 1.807) is 30.3 Å². The Bertz CT molecular complexity index is 784. The lowest BCUT2D eigenvalue weighted by atomic mass is 9.98. The first-order valence-corrected chi connectivity index (χ1v) is 10.3. The number of thiazole rings is 1. The van der Waals surface area contributed by atoms with Crippen LogP contribution in [0.4, 0.5) is 0 Å². The molecule has 0 aliphatic rings. The highest BCUT2D eigenvalue weighted by Crippen LogP contribution is 2.25. The Hall–Kier alpha value is -1.68. The number of benzene rings is 1. The zero-order valence-electron chi connectivity index (χ0n) is 17.9. The summed E-state index contributed by atoms with van der Waals surface area (Å²) in [5.74, 6) is 0.633. The van der Waals surface area contributed by atoms with E-state index in [2.05, 4.69) is 41.8 Å². The number of nitrogens with one attached hydrogen (secondary N) is 2. The molecule has 160 valence electrons. The molecule has 0 atom stereocenters. The van der Waals surface area contributed by atoms with Gasteiger partial charge in [-0.05, 0) is 5.56 Å². The van der Waals surface area contributed by atoms with Gasteiger partial charge in [0.1, 0.15) is 0 Å². The number of likely N-dealkylation sites (N-methyl/N-ethyl adjacent to an activating group) is 1. The van der Waals surface area contributed by atoms with Crippen LogP contribution in [0.25, 0.3) is 0 Å². The number of amides is 1. The molecule has 2 aromatic rings. The first-order valence-electron chi connectivity index (χ1n) is 9.47. The Morgan fingerprint density at radius 1 is 1.17 bits per heavy atom. The summed E-state index contributed by atoms with van der Waals surface area (Å²) in [6, 6.07) is 10.1. The van der Waals surface area contributed by atoms with Gasteiger partial charge in [-0.15, -0.1) is 35.3 Å². The molecule has 29 heavy (non-hydrogen) atoms. The standard InChI is InChI=1S/C21H31N5OS.HI/c1-21(2,3)19-25-17(15-28-19)11-12-22-20(24-14-18(27)26(4)5)23-13-16-9-7-6-8-10-16;/h6-10,15H,11-14H2,1-5H3,(H2,22,23,24);1H. The Labute approximate surface area is 195 Å². The van der Waals surface area contributed by atoms with E-state index in [9.17, 15) is 4.79 Å². The van der Waals surface area contributed by atoms with Gasteiger partial charge in [0.15, 0.2) is 5.96 Å². The number of hydrogen-bond acceptors (Lipinski definition) is 4. The maximum Gasteiger partial charge on any atom is 0.241 e. The van der Waals surface area contributed by atoms with E-state index in [4.69, 9.17) is 4.98 Å². The number of guanidine groups is 1. The van der Waals surface area contributed by atoms with Crippen molar-refractivity contribution in [3.8, 4) is 0 Å². The van der Waals surface area contributed by atoms with Crippen molar-refractivity contribution in [2.75, 3.05) is 27.2 Å². The average Bonchev–Trinajstić information content (AvgIpc) is 3.13. The highest BCUT2D eigenvalue weighted by atomic mass is 127. The van der Waals surface area contributed by atoms with E-state index >= 15 is 0 Å². The molecule has 0 aliphatic carbocycles. The summed E-state index contributed by atoms with van der Waals surface area (Å²) in [6.45, 7) is 7.98. The van der Waals surface area contributed by atoms with Crippen molar-refractivity contribution in [2.45, 2.75) is 39.2 Å². The molecule has 0 radical (unpaired) electrons. The number of nitrogens with zero attached hydrogens (tertiary/aromatic N) is 3. The van der Waals surface area contributed by atoms with Crippen LogP contribution in [0, 0.1) is 0 Å². The van der Waals surface area contributed by atoms with Crippen molar-refractivity contribution in [1.29, 1.82) is 0 Å². The molecule has 0 aliphatic heterocycles. The van der Waals surface area contributed by atoms with Crippen LogP contribution in [0.2, 0.25) is 0 Å². The molecule has 8 heteroatoms. The minimum atomic E-state index is 0. The molecule has 6 nitrogen and oxygen atoms in total. The number of carbonyl (C=O) groups excluding carboxylic acids is 1. The van der Waals surface area contributed by atoms with Crippen molar-refractivity contribution >= 4 is 47.2 Å². The van der Waals surface area contributed by atoms with Crippen molar-refractivity contribution in [3.05, 3.63) is 52.0 Å². The lowest BCUT2D eigenvalue weighted by Gasteiger charge is -2.15. The second-order valence-electron chi connectivity index (χ2n) is 7.86. The third kappa shape index (κ3) is 9.12. The van der Waals surface area contributed by atoms with E-state index in [1.807, 2.05) is 30.3 Å². The van der Waals surface area contributed by atoms with Crippen molar-refractivity contribution in [3.63, 3.8) is 0 Å². The van der Waals surface area contributed by atoms with Gasteiger partial charge in [-0.25, -0.2) is 9.98 Å².